The fourth-order valence-corrected chi connectivity index (χ4v) is 1.61. The van der Waals surface area contributed by atoms with Crippen LogP contribution in [-0.2, 0) is 5.60 Å². The molecule has 0 spiro atoms. The standard InChI is InChI=1S/C11H12F2O2/c1-15-9-3-2-7(10(12)13)6-8(9)11(14)4-5-11/h2-3,6,10,14H,4-5H2,1H3. The molecule has 0 heterocycles. The molecule has 2 nitrogen and oxygen atoms in total. The van der Waals surface area contributed by atoms with Crippen LogP contribution in [0.4, 0.5) is 8.78 Å². The smallest absolute Gasteiger partial charge is 0.263 e. The lowest BCUT2D eigenvalue weighted by atomic mass is 10.0. The van der Waals surface area contributed by atoms with E-state index in [0.29, 0.717) is 24.2 Å². The lowest BCUT2D eigenvalue weighted by Crippen LogP contribution is -2.07. The van der Waals surface area contributed by atoms with Crippen molar-refractivity contribution in [3.8, 4) is 5.75 Å². The Morgan fingerprint density at radius 3 is 2.53 bits per heavy atom. The summed E-state index contributed by atoms with van der Waals surface area (Å²) in [5, 5.41) is 9.89. The third-order valence-electron chi connectivity index (χ3n) is 2.70. The number of aliphatic hydroxyl groups is 1. The van der Waals surface area contributed by atoms with Crippen LogP contribution in [0.15, 0.2) is 18.2 Å². The van der Waals surface area contributed by atoms with E-state index in [0.717, 1.165) is 0 Å². The summed E-state index contributed by atoms with van der Waals surface area (Å²) >= 11 is 0. The molecule has 1 aromatic rings. The van der Waals surface area contributed by atoms with Gasteiger partial charge in [0.2, 0.25) is 0 Å². The van der Waals surface area contributed by atoms with Gasteiger partial charge in [0.05, 0.1) is 12.7 Å². The van der Waals surface area contributed by atoms with Crippen molar-refractivity contribution in [3.05, 3.63) is 29.3 Å². The first-order chi connectivity index (χ1) is 7.07. The monoisotopic (exact) mass is 214 g/mol. The zero-order chi connectivity index (χ0) is 11.1. The fraction of sp³-hybridized carbons (Fsp3) is 0.455. The molecule has 0 radical (unpaired) electrons. The molecule has 4 heteroatoms. The van der Waals surface area contributed by atoms with Gasteiger partial charge >= 0.3 is 0 Å². The molecular formula is C11H12F2O2. The van der Waals surface area contributed by atoms with Gasteiger partial charge in [-0.1, -0.05) is 0 Å². The highest BCUT2D eigenvalue weighted by Crippen LogP contribution is 2.49. The van der Waals surface area contributed by atoms with Crippen LogP contribution in [0, 0.1) is 0 Å². The Bertz CT molecular complexity index is 373. The molecule has 0 aromatic heterocycles. The van der Waals surface area contributed by atoms with Gasteiger partial charge in [-0.25, -0.2) is 8.78 Å². The van der Waals surface area contributed by atoms with Crippen molar-refractivity contribution in [1.82, 2.24) is 0 Å². The maximum Gasteiger partial charge on any atom is 0.263 e. The van der Waals surface area contributed by atoms with Crippen molar-refractivity contribution in [2.45, 2.75) is 24.9 Å². The third-order valence-corrected chi connectivity index (χ3v) is 2.70. The summed E-state index contributed by atoms with van der Waals surface area (Å²) in [6.07, 6.45) is -1.30. The molecule has 1 aromatic carbocycles. The van der Waals surface area contributed by atoms with Gasteiger partial charge in [-0.3, -0.25) is 0 Å². The van der Waals surface area contributed by atoms with Crippen molar-refractivity contribution in [3.63, 3.8) is 0 Å². The molecule has 0 atom stereocenters. The highest BCUT2D eigenvalue weighted by atomic mass is 19.3. The normalized spacial score (nSPS) is 17.9. The number of benzene rings is 1. The summed E-state index contributed by atoms with van der Waals surface area (Å²) in [6, 6.07) is 4.13. The van der Waals surface area contributed by atoms with Gasteiger partial charge in [-0.05, 0) is 31.0 Å². The summed E-state index contributed by atoms with van der Waals surface area (Å²) in [6.45, 7) is 0. The summed E-state index contributed by atoms with van der Waals surface area (Å²) < 4.78 is 30.0. The van der Waals surface area contributed by atoms with Crippen LogP contribution in [0.5, 0.6) is 5.75 Å². The maximum atomic E-state index is 12.5. The van der Waals surface area contributed by atoms with E-state index in [2.05, 4.69) is 0 Å². The van der Waals surface area contributed by atoms with Gasteiger partial charge < -0.3 is 9.84 Å². The van der Waals surface area contributed by atoms with Crippen molar-refractivity contribution in [2.75, 3.05) is 7.11 Å². The minimum atomic E-state index is -2.52. The lowest BCUT2D eigenvalue weighted by Gasteiger charge is -2.14. The summed E-state index contributed by atoms with van der Waals surface area (Å²) in [7, 11) is 1.46. The topological polar surface area (TPSA) is 29.5 Å². The maximum absolute atomic E-state index is 12.5. The molecule has 1 aliphatic carbocycles. The SMILES string of the molecule is COc1ccc(C(F)F)cc1C1(O)CC1. The minimum Gasteiger partial charge on any atom is -0.496 e. The molecule has 1 aliphatic rings. The number of hydrogen-bond donors (Lipinski definition) is 1. The minimum absolute atomic E-state index is 0.0777. The number of methoxy groups -OCH3 is 1. The lowest BCUT2D eigenvalue weighted by molar-refractivity contribution is 0.141. The second-order valence-electron chi connectivity index (χ2n) is 3.79. The van der Waals surface area contributed by atoms with E-state index >= 15 is 0 Å². The second kappa shape index (κ2) is 3.45. The van der Waals surface area contributed by atoms with Crippen molar-refractivity contribution >= 4 is 0 Å². The first-order valence-electron chi connectivity index (χ1n) is 4.76. The molecule has 0 aliphatic heterocycles. The average Bonchev–Trinajstić information content (AvgIpc) is 2.96. The second-order valence-corrected chi connectivity index (χ2v) is 3.79. The van der Waals surface area contributed by atoms with Crippen molar-refractivity contribution in [2.24, 2.45) is 0 Å². The van der Waals surface area contributed by atoms with E-state index in [1.807, 2.05) is 0 Å². The van der Waals surface area contributed by atoms with E-state index in [-0.39, 0.29) is 5.56 Å². The number of hydrogen-bond acceptors (Lipinski definition) is 2. The van der Waals surface area contributed by atoms with Gasteiger partial charge in [0.15, 0.2) is 0 Å². The number of rotatable bonds is 3. The molecule has 1 saturated carbocycles. The van der Waals surface area contributed by atoms with Crippen molar-refractivity contribution in [1.29, 1.82) is 0 Å². The Hall–Kier alpha value is -1.16. The van der Waals surface area contributed by atoms with Crippen LogP contribution in [0.25, 0.3) is 0 Å². The summed E-state index contributed by atoms with van der Waals surface area (Å²) in [5.74, 6) is 0.472. The summed E-state index contributed by atoms with van der Waals surface area (Å²) in [5.41, 5.74) is -0.551. The van der Waals surface area contributed by atoms with E-state index < -0.39 is 12.0 Å². The highest BCUT2D eigenvalue weighted by molar-refractivity contribution is 5.44. The zero-order valence-electron chi connectivity index (χ0n) is 8.34. The van der Waals surface area contributed by atoms with Crippen LogP contribution in [0.1, 0.15) is 30.4 Å². The number of alkyl halides is 2. The molecule has 1 fully saturated rings. The molecule has 2 rings (SSSR count). The van der Waals surface area contributed by atoms with Gasteiger partial charge in [0, 0.05) is 11.1 Å². The number of halogens is 2. The molecule has 0 amide bonds. The molecule has 15 heavy (non-hydrogen) atoms. The molecule has 0 saturated heterocycles. The summed E-state index contributed by atoms with van der Waals surface area (Å²) in [4.78, 5) is 0. The fourth-order valence-electron chi connectivity index (χ4n) is 1.61. The van der Waals surface area contributed by atoms with Gasteiger partial charge in [0.25, 0.3) is 6.43 Å². The third kappa shape index (κ3) is 1.81. The van der Waals surface area contributed by atoms with Gasteiger partial charge in [-0.2, -0.15) is 0 Å². The molecule has 82 valence electrons. The molecular weight excluding hydrogens is 202 g/mol. The quantitative estimate of drug-likeness (QED) is 0.838. The van der Waals surface area contributed by atoms with Crippen LogP contribution in [0.3, 0.4) is 0 Å². The first-order valence-corrected chi connectivity index (χ1v) is 4.76. The van der Waals surface area contributed by atoms with E-state index in [4.69, 9.17) is 4.74 Å². The van der Waals surface area contributed by atoms with Crippen molar-refractivity contribution < 1.29 is 18.6 Å². The molecule has 0 bridgehead atoms. The molecule has 0 unspecified atom stereocenters. The Balaban J connectivity index is 2.44. The largest absolute Gasteiger partial charge is 0.496 e. The Morgan fingerprint density at radius 1 is 1.40 bits per heavy atom. The van der Waals surface area contributed by atoms with Gasteiger partial charge in [0.1, 0.15) is 5.75 Å². The zero-order valence-corrected chi connectivity index (χ0v) is 8.34. The Labute approximate surface area is 86.5 Å². The Kier molecular flexibility index (Phi) is 2.38. The first kappa shape index (κ1) is 10.4. The predicted octanol–water partition coefficient (Wildman–Crippen LogP) is 2.61. The van der Waals surface area contributed by atoms with E-state index in [9.17, 15) is 13.9 Å². The number of ether oxygens (including phenoxy) is 1. The van der Waals surface area contributed by atoms with Gasteiger partial charge in [-0.15, -0.1) is 0 Å². The average molecular weight is 214 g/mol. The van der Waals surface area contributed by atoms with E-state index in [1.54, 1.807) is 0 Å². The molecule has 1 N–H and O–H groups in total. The van der Waals surface area contributed by atoms with Crippen LogP contribution < -0.4 is 4.74 Å². The van der Waals surface area contributed by atoms with E-state index in [1.165, 1.54) is 25.3 Å². The predicted molar refractivity (Wildman–Crippen MR) is 51.1 cm³/mol. The van der Waals surface area contributed by atoms with Crippen LogP contribution in [0.2, 0.25) is 0 Å². The highest BCUT2D eigenvalue weighted by Gasteiger charge is 2.44. The van der Waals surface area contributed by atoms with Crippen LogP contribution >= 0.6 is 0 Å². The Morgan fingerprint density at radius 2 is 2.07 bits per heavy atom. The van der Waals surface area contributed by atoms with Crippen LogP contribution in [-0.4, -0.2) is 12.2 Å².